The number of Topliss-reactive ketones (excluding diaryl/α,β-unsaturated/α-hetero) is 1. The molecule has 0 bridgehead atoms. The summed E-state index contributed by atoms with van der Waals surface area (Å²) in [6.45, 7) is 4.43. The Morgan fingerprint density at radius 1 is 1.00 bits per heavy atom. The second-order valence-corrected chi connectivity index (χ2v) is 13.3. The number of ether oxygens (including phenoxy) is 1. The number of hydrogen-bond donors (Lipinski definition) is 3. The normalized spacial score (nSPS) is 39.0. The van der Waals surface area contributed by atoms with Crippen LogP contribution in [0.1, 0.15) is 97.3 Å². The van der Waals surface area contributed by atoms with Crippen molar-refractivity contribution in [3.05, 3.63) is 11.6 Å². The molecule has 1 heterocycles. The van der Waals surface area contributed by atoms with E-state index in [4.69, 9.17) is 4.74 Å². The summed E-state index contributed by atoms with van der Waals surface area (Å²) in [7, 11) is 0. The van der Waals surface area contributed by atoms with Crippen LogP contribution in [0.4, 0.5) is 0 Å². The SMILES string of the molecule is C[C@]12CC[C@@H]3[C@H](CCC4=CC(=O)CC[C@]43C)[C@@H]1CC[C@@]2(O)C(=O)COC(=O)CCC(=O)N[C@@H]1CCCCNC1=O. The summed E-state index contributed by atoms with van der Waals surface area (Å²) < 4.78 is 5.24. The summed E-state index contributed by atoms with van der Waals surface area (Å²) in [4.78, 5) is 62.2. The van der Waals surface area contributed by atoms with Gasteiger partial charge in [-0.2, -0.15) is 0 Å². The lowest BCUT2D eigenvalue weighted by molar-refractivity contribution is -0.170. The first-order valence-electron chi connectivity index (χ1n) is 15.2. The molecule has 1 saturated heterocycles. The van der Waals surface area contributed by atoms with Gasteiger partial charge in [-0.1, -0.05) is 19.4 Å². The average molecular weight is 557 g/mol. The Morgan fingerprint density at radius 2 is 1.77 bits per heavy atom. The molecule has 0 radical (unpaired) electrons. The van der Waals surface area contributed by atoms with E-state index in [1.54, 1.807) is 0 Å². The maximum Gasteiger partial charge on any atom is 0.306 e. The number of nitrogens with one attached hydrogen (secondary N) is 2. The van der Waals surface area contributed by atoms with E-state index in [1.165, 1.54) is 5.57 Å². The zero-order valence-corrected chi connectivity index (χ0v) is 23.9. The predicted octanol–water partition coefficient (Wildman–Crippen LogP) is 2.93. The van der Waals surface area contributed by atoms with Gasteiger partial charge in [-0.15, -0.1) is 0 Å². The molecule has 3 saturated carbocycles. The zero-order valence-electron chi connectivity index (χ0n) is 23.9. The Hall–Kier alpha value is -2.55. The Morgan fingerprint density at radius 3 is 2.58 bits per heavy atom. The van der Waals surface area contributed by atoms with Crippen LogP contribution in [0.25, 0.3) is 0 Å². The molecule has 4 fully saturated rings. The number of aliphatic hydroxyl groups is 1. The number of carbonyl (C=O) groups excluding carboxylic acids is 5. The number of carbonyl (C=O) groups is 5. The van der Waals surface area contributed by atoms with Crippen molar-refractivity contribution >= 4 is 29.4 Å². The van der Waals surface area contributed by atoms with Crippen molar-refractivity contribution in [1.29, 1.82) is 0 Å². The molecule has 4 aliphatic carbocycles. The van der Waals surface area contributed by atoms with Gasteiger partial charge in [-0.25, -0.2) is 0 Å². The molecule has 3 N–H and O–H groups in total. The maximum absolute atomic E-state index is 13.4. The number of hydrogen-bond acceptors (Lipinski definition) is 7. The lowest BCUT2D eigenvalue weighted by Gasteiger charge is -2.58. The Bertz CT molecular complexity index is 1120. The Labute approximate surface area is 236 Å². The van der Waals surface area contributed by atoms with Gasteiger partial charge < -0.3 is 20.5 Å². The minimum atomic E-state index is -1.55. The minimum Gasteiger partial charge on any atom is -0.458 e. The molecular weight excluding hydrogens is 512 g/mol. The Balaban J connectivity index is 1.15. The van der Waals surface area contributed by atoms with E-state index < -0.39 is 41.3 Å². The highest BCUT2D eigenvalue weighted by Crippen LogP contribution is 2.67. The second kappa shape index (κ2) is 11.0. The molecule has 40 heavy (non-hydrogen) atoms. The largest absolute Gasteiger partial charge is 0.458 e. The van der Waals surface area contributed by atoms with Gasteiger partial charge in [-0.05, 0) is 93.5 Å². The van der Waals surface area contributed by atoms with Crippen LogP contribution in [0, 0.1) is 28.6 Å². The molecule has 2 amide bonds. The van der Waals surface area contributed by atoms with E-state index >= 15 is 0 Å². The van der Waals surface area contributed by atoms with Gasteiger partial charge in [0.2, 0.25) is 17.6 Å². The van der Waals surface area contributed by atoms with Crippen LogP contribution in [0.3, 0.4) is 0 Å². The summed E-state index contributed by atoms with van der Waals surface area (Å²) in [6, 6.07) is -0.594. The smallest absolute Gasteiger partial charge is 0.306 e. The molecule has 0 aromatic carbocycles. The van der Waals surface area contributed by atoms with Crippen LogP contribution in [0.15, 0.2) is 11.6 Å². The summed E-state index contributed by atoms with van der Waals surface area (Å²) >= 11 is 0. The van der Waals surface area contributed by atoms with Crippen molar-refractivity contribution in [3.63, 3.8) is 0 Å². The van der Waals surface area contributed by atoms with E-state index in [0.717, 1.165) is 51.4 Å². The summed E-state index contributed by atoms with van der Waals surface area (Å²) in [5.41, 5.74) is -0.827. The molecule has 0 spiro atoms. The molecule has 220 valence electrons. The van der Waals surface area contributed by atoms with Gasteiger partial charge >= 0.3 is 5.97 Å². The number of amides is 2. The van der Waals surface area contributed by atoms with Crippen LogP contribution >= 0.6 is 0 Å². The Kier molecular flexibility index (Phi) is 7.98. The van der Waals surface area contributed by atoms with Crippen LogP contribution in [0.5, 0.6) is 0 Å². The highest BCUT2D eigenvalue weighted by atomic mass is 16.5. The molecule has 5 aliphatic rings. The molecule has 9 nitrogen and oxygen atoms in total. The molecule has 5 rings (SSSR count). The molecule has 0 aromatic heterocycles. The quantitative estimate of drug-likeness (QED) is 0.410. The van der Waals surface area contributed by atoms with Gasteiger partial charge in [0.1, 0.15) is 11.6 Å². The van der Waals surface area contributed by atoms with E-state index in [9.17, 15) is 29.1 Å². The standard InChI is InChI=1S/C31H44N2O7/c1-29-13-10-20(34)17-19(29)6-7-21-22(29)11-14-30(2)23(21)12-15-31(30,39)25(35)18-40-27(37)9-8-26(36)33-24-5-3-4-16-32-28(24)38/h17,21-24,39H,3-16,18H2,1-2H3,(H,32,38)(H,33,36)/t21-,22+,23-,24+,29+,30-,31+/m0/s1. The molecule has 9 heteroatoms. The van der Waals surface area contributed by atoms with Crippen molar-refractivity contribution in [1.82, 2.24) is 10.6 Å². The number of allylic oxidation sites excluding steroid dienone is 1. The van der Waals surface area contributed by atoms with Gasteiger partial charge in [0.25, 0.3) is 0 Å². The topological polar surface area (TPSA) is 139 Å². The van der Waals surface area contributed by atoms with Crippen LogP contribution in [-0.2, 0) is 28.7 Å². The summed E-state index contributed by atoms with van der Waals surface area (Å²) in [5.74, 6) is -0.476. The highest BCUT2D eigenvalue weighted by Gasteiger charge is 2.66. The van der Waals surface area contributed by atoms with E-state index in [-0.39, 0.29) is 35.9 Å². The van der Waals surface area contributed by atoms with Crippen LogP contribution in [0.2, 0.25) is 0 Å². The zero-order chi connectivity index (χ0) is 28.7. The molecule has 0 unspecified atom stereocenters. The van der Waals surface area contributed by atoms with Crippen LogP contribution in [-0.4, -0.2) is 59.3 Å². The third-order valence-corrected chi connectivity index (χ3v) is 11.4. The second-order valence-electron chi connectivity index (χ2n) is 13.3. The summed E-state index contributed by atoms with van der Waals surface area (Å²) in [5, 5.41) is 17.2. The molecular formula is C31H44N2O7. The fourth-order valence-electron chi connectivity index (χ4n) is 8.93. The first-order valence-corrected chi connectivity index (χ1v) is 15.2. The fraction of sp³-hybridized carbons (Fsp3) is 0.774. The number of esters is 1. The lowest BCUT2D eigenvalue weighted by atomic mass is 9.46. The monoisotopic (exact) mass is 556 g/mol. The lowest BCUT2D eigenvalue weighted by Crippen LogP contribution is -2.58. The van der Waals surface area contributed by atoms with E-state index in [1.807, 2.05) is 13.0 Å². The minimum absolute atomic E-state index is 0.0186. The molecule has 7 atom stereocenters. The average Bonchev–Trinajstić information content (AvgIpc) is 3.05. The summed E-state index contributed by atoms with van der Waals surface area (Å²) in [6.07, 6.45) is 9.91. The predicted molar refractivity (Wildman–Crippen MR) is 146 cm³/mol. The molecule has 0 aromatic rings. The van der Waals surface area contributed by atoms with E-state index in [2.05, 4.69) is 17.6 Å². The maximum atomic E-state index is 13.4. The third-order valence-electron chi connectivity index (χ3n) is 11.4. The third kappa shape index (κ3) is 5.03. The first kappa shape index (κ1) is 29.0. The van der Waals surface area contributed by atoms with Gasteiger partial charge in [-0.3, -0.25) is 24.0 Å². The number of fused-ring (bicyclic) bond motifs is 5. The number of rotatable bonds is 7. The van der Waals surface area contributed by atoms with Crippen molar-refractivity contribution in [2.75, 3.05) is 13.2 Å². The van der Waals surface area contributed by atoms with Crippen molar-refractivity contribution < 1.29 is 33.8 Å². The highest BCUT2D eigenvalue weighted by molar-refractivity contribution is 5.92. The van der Waals surface area contributed by atoms with Crippen molar-refractivity contribution in [2.45, 2.75) is 109 Å². The van der Waals surface area contributed by atoms with Crippen LogP contribution < -0.4 is 10.6 Å². The number of ketones is 2. The molecule has 1 aliphatic heterocycles. The van der Waals surface area contributed by atoms with Crippen molar-refractivity contribution in [2.24, 2.45) is 28.6 Å². The fourth-order valence-corrected chi connectivity index (χ4v) is 8.93. The first-order chi connectivity index (χ1) is 19.0. The van der Waals surface area contributed by atoms with Gasteiger partial charge in [0, 0.05) is 24.8 Å². The van der Waals surface area contributed by atoms with Gasteiger partial charge in [0.15, 0.2) is 12.4 Å². The van der Waals surface area contributed by atoms with Crippen molar-refractivity contribution in [3.8, 4) is 0 Å². The van der Waals surface area contributed by atoms with Gasteiger partial charge in [0.05, 0.1) is 6.42 Å². The van der Waals surface area contributed by atoms with E-state index in [0.29, 0.717) is 37.6 Å².